The summed E-state index contributed by atoms with van der Waals surface area (Å²) >= 11 is 6.07. The lowest BCUT2D eigenvalue weighted by Crippen LogP contribution is -2.35. The highest BCUT2D eigenvalue weighted by Gasteiger charge is 2.27. The third-order valence-corrected chi connectivity index (χ3v) is 7.00. The molecule has 3 rings (SSSR count). The Morgan fingerprint density at radius 3 is 2.43 bits per heavy atom. The van der Waals surface area contributed by atoms with Gasteiger partial charge >= 0.3 is 5.97 Å². The van der Waals surface area contributed by atoms with Gasteiger partial charge in [0.25, 0.3) is 5.91 Å². The van der Waals surface area contributed by atoms with Crippen LogP contribution in [0.25, 0.3) is 0 Å². The van der Waals surface area contributed by atoms with Crippen LogP contribution in [0, 0.1) is 0 Å². The topological polar surface area (TPSA) is 92.8 Å². The molecule has 9 heteroatoms. The molecule has 1 heterocycles. The number of halogens is 1. The molecule has 2 aromatic rings. The van der Waals surface area contributed by atoms with Crippen LogP contribution in [0.15, 0.2) is 53.4 Å². The number of hydrogen-bond acceptors (Lipinski definition) is 5. The Morgan fingerprint density at radius 1 is 1.03 bits per heavy atom. The monoisotopic (exact) mass is 450 g/mol. The van der Waals surface area contributed by atoms with Crippen molar-refractivity contribution in [2.75, 3.05) is 19.7 Å². The van der Waals surface area contributed by atoms with E-state index in [9.17, 15) is 18.0 Å². The van der Waals surface area contributed by atoms with E-state index < -0.39 is 28.5 Å². The van der Waals surface area contributed by atoms with Crippen LogP contribution in [0.4, 0.5) is 0 Å². The fourth-order valence-electron chi connectivity index (χ4n) is 3.13. The highest BCUT2D eigenvalue weighted by atomic mass is 35.5. The van der Waals surface area contributed by atoms with Crippen LogP contribution in [0.1, 0.15) is 35.2 Å². The summed E-state index contributed by atoms with van der Waals surface area (Å²) in [4.78, 5) is 24.3. The number of ether oxygens (including phenoxy) is 1. The summed E-state index contributed by atoms with van der Waals surface area (Å²) in [6.45, 7) is 0.714. The maximum atomic E-state index is 12.8. The predicted octanol–water partition coefficient (Wildman–Crippen LogP) is 2.99. The number of rotatable bonds is 7. The number of carbonyl (C=O) groups is 2. The molecular weight excluding hydrogens is 428 g/mol. The van der Waals surface area contributed by atoms with Gasteiger partial charge in [-0.05, 0) is 36.6 Å². The van der Waals surface area contributed by atoms with E-state index in [1.165, 1.54) is 22.5 Å². The first kappa shape index (κ1) is 22.3. The van der Waals surface area contributed by atoms with E-state index in [0.717, 1.165) is 24.8 Å². The SMILES string of the molecule is O=C(COC(=O)c1cc(S(=O)(=O)N2CCCCC2)ccc1Cl)NCc1ccccc1. The summed E-state index contributed by atoms with van der Waals surface area (Å²) in [6, 6.07) is 13.2. The molecule has 1 saturated heterocycles. The molecule has 1 aliphatic heterocycles. The van der Waals surface area contributed by atoms with Crippen LogP contribution in [-0.4, -0.2) is 44.3 Å². The number of esters is 1. The van der Waals surface area contributed by atoms with Crippen molar-refractivity contribution in [1.29, 1.82) is 0 Å². The van der Waals surface area contributed by atoms with Crippen molar-refractivity contribution in [3.63, 3.8) is 0 Å². The summed E-state index contributed by atoms with van der Waals surface area (Å²) in [7, 11) is -3.72. The Kier molecular flexibility index (Phi) is 7.47. The number of hydrogen-bond donors (Lipinski definition) is 1. The number of nitrogens with one attached hydrogen (secondary N) is 1. The molecule has 0 atom stereocenters. The van der Waals surface area contributed by atoms with E-state index in [4.69, 9.17) is 16.3 Å². The zero-order chi connectivity index (χ0) is 21.6. The van der Waals surface area contributed by atoms with Gasteiger partial charge in [0.05, 0.1) is 15.5 Å². The lowest BCUT2D eigenvalue weighted by molar-refractivity contribution is -0.124. The van der Waals surface area contributed by atoms with E-state index >= 15 is 0 Å². The Morgan fingerprint density at radius 2 is 1.73 bits per heavy atom. The van der Waals surface area contributed by atoms with Gasteiger partial charge in [0.2, 0.25) is 10.0 Å². The number of piperidine rings is 1. The summed E-state index contributed by atoms with van der Waals surface area (Å²) in [6.07, 6.45) is 2.61. The summed E-state index contributed by atoms with van der Waals surface area (Å²) < 4.78 is 32.1. The number of benzene rings is 2. The van der Waals surface area contributed by atoms with Crippen LogP contribution >= 0.6 is 11.6 Å². The van der Waals surface area contributed by atoms with Crippen molar-refractivity contribution in [3.8, 4) is 0 Å². The molecule has 0 aliphatic carbocycles. The second kappa shape index (κ2) is 10.1. The third-order valence-electron chi connectivity index (χ3n) is 4.78. The van der Waals surface area contributed by atoms with E-state index in [1.54, 1.807) is 0 Å². The van der Waals surface area contributed by atoms with Gasteiger partial charge in [-0.15, -0.1) is 0 Å². The van der Waals surface area contributed by atoms with Gasteiger partial charge < -0.3 is 10.1 Å². The normalized spacial score (nSPS) is 14.8. The van der Waals surface area contributed by atoms with Crippen molar-refractivity contribution in [2.45, 2.75) is 30.7 Å². The van der Waals surface area contributed by atoms with Gasteiger partial charge in [0.1, 0.15) is 0 Å². The summed E-state index contributed by atoms with van der Waals surface area (Å²) in [5.41, 5.74) is 0.821. The fourth-order valence-corrected chi connectivity index (χ4v) is 4.87. The van der Waals surface area contributed by atoms with Gasteiger partial charge in [-0.3, -0.25) is 4.79 Å². The Labute approximate surface area is 181 Å². The Bertz CT molecular complexity index is 1010. The largest absolute Gasteiger partial charge is 0.452 e. The third kappa shape index (κ3) is 5.59. The first-order valence-corrected chi connectivity index (χ1v) is 11.5. The summed E-state index contributed by atoms with van der Waals surface area (Å²) in [5, 5.41) is 2.71. The van der Waals surface area contributed by atoms with Gasteiger partial charge in [0, 0.05) is 19.6 Å². The van der Waals surface area contributed by atoms with Crippen LogP contribution in [0.2, 0.25) is 5.02 Å². The zero-order valence-electron chi connectivity index (χ0n) is 16.3. The maximum Gasteiger partial charge on any atom is 0.340 e. The van der Waals surface area contributed by atoms with E-state index in [-0.39, 0.29) is 15.5 Å². The average Bonchev–Trinajstić information content (AvgIpc) is 2.77. The van der Waals surface area contributed by atoms with Gasteiger partial charge in [-0.25, -0.2) is 13.2 Å². The number of amides is 1. The van der Waals surface area contributed by atoms with Gasteiger partial charge in [0.15, 0.2) is 6.61 Å². The van der Waals surface area contributed by atoms with Crippen LogP contribution < -0.4 is 5.32 Å². The van der Waals surface area contributed by atoms with Gasteiger partial charge in [-0.1, -0.05) is 48.4 Å². The molecule has 1 amide bonds. The van der Waals surface area contributed by atoms with Crippen molar-refractivity contribution in [1.82, 2.24) is 9.62 Å². The number of sulfonamides is 1. The minimum absolute atomic E-state index is 0.0192. The highest BCUT2D eigenvalue weighted by molar-refractivity contribution is 7.89. The van der Waals surface area contributed by atoms with E-state index in [1.807, 2.05) is 30.3 Å². The molecule has 1 N–H and O–H groups in total. The molecular formula is C21H23ClN2O5S. The lowest BCUT2D eigenvalue weighted by Gasteiger charge is -2.26. The molecule has 160 valence electrons. The minimum atomic E-state index is -3.72. The molecule has 2 aromatic carbocycles. The summed E-state index contributed by atoms with van der Waals surface area (Å²) in [5.74, 6) is -1.33. The Hall–Kier alpha value is -2.42. The van der Waals surface area contributed by atoms with Crippen LogP contribution in [0.3, 0.4) is 0 Å². The highest BCUT2D eigenvalue weighted by Crippen LogP contribution is 2.25. The molecule has 0 aromatic heterocycles. The quantitative estimate of drug-likeness (QED) is 0.654. The lowest BCUT2D eigenvalue weighted by atomic mass is 10.2. The molecule has 1 fully saturated rings. The minimum Gasteiger partial charge on any atom is -0.452 e. The molecule has 30 heavy (non-hydrogen) atoms. The number of carbonyl (C=O) groups excluding carboxylic acids is 2. The standard InChI is InChI=1S/C21H23ClN2O5S/c22-19-10-9-17(30(27,28)24-11-5-2-6-12-24)13-18(19)21(26)29-15-20(25)23-14-16-7-3-1-4-8-16/h1,3-4,7-10,13H,2,5-6,11-12,14-15H2,(H,23,25). The molecule has 0 radical (unpaired) electrons. The second-order valence-electron chi connectivity index (χ2n) is 6.94. The van der Waals surface area contributed by atoms with Crippen molar-refractivity contribution < 1.29 is 22.7 Å². The van der Waals surface area contributed by atoms with Crippen molar-refractivity contribution in [2.24, 2.45) is 0 Å². The average molecular weight is 451 g/mol. The van der Waals surface area contributed by atoms with Crippen molar-refractivity contribution in [3.05, 3.63) is 64.7 Å². The molecule has 7 nitrogen and oxygen atoms in total. The van der Waals surface area contributed by atoms with Crippen LogP contribution in [-0.2, 0) is 26.1 Å². The smallest absolute Gasteiger partial charge is 0.340 e. The molecule has 0 bridgehead atoms. The Balaban J connectivity index is 1.62. The van der Waals surface area contributed by atoms with E-state index in [2.05, 4.69) is 5.32 Å². The van der Waals surface area contributed by atoms with Gasteiger partial charge in [-0.2, -0.15) is 4.31 Å². The molecule has 0 saturated carbocycles. The number of nitrogens with zero attached hydrogens (tertiary/aromatic N) is 1. The fraction of sp³-hybridized carbons (Fsp3) is 0.333. The van der Waals surface area contributed by atoms with Crippen LogP contribution in [0.5, 0.6) is 0 Å². The first-order chi connectivity index (χ1) is 14.4. The zero-order valence-corrected chi connectivity index (χ0v) is 17.9. The van der Waals surface area contributed by atoms with E-state index in [0.29, 0.717) is 19.6 Å². The first-order valence-electron chi connectivity index (χ1n) is 9.65. The maximum absolute atomic E-state index is 12.8. The predicted molar refractivity (Wildman–Crippen MR) is 113 cm³/mol. The second-order valence-corrected chi connectivity index (χ2v) is 9.29. The van der Waals surface area contributed by atoms with Crippen molar-refractivity contribution >= 4 is 33.5 Å². The molecule has 0 unspecified atom stereocenters. The molecule has 0 spiro atoms. The molecule has 1 aliphatic rings.